The van der Waals surface area contributed by atoms with Crippen LogP contribution in [0.2, 0.25) is 5.02 Å². The molecular formula is C15H26ClN3. The van der Waals surface area contributed by atoms with Crippen molar-refractivity contribution in [3.63, 3.8) is 0 Å². The molecule has 0 radical (unpaired) electrons. The van der Waals surface area contributed by atoms with Crippen molar-refractivity contribution in [1.29, 1.82) is 0 Å². The van der Waals surface area contributed by atoms with E-state index in [9.17, 15) is 0 Å². The molecular weight excluding hydrogens is 258 g/mol. The van der Waals surface area contributed by atoms with E-state index in [-0.39, 0.29) is 0 Å². The maximum Gasteiger partial charge on any atom is 0.0765 e. The number of nitrogens with one attached hydrogen (secondary N) is 1. The summed E-state index contributed by atoms with van der Waals surface area (Å²) >= 11 is 6.15. The van der Waals surface area contributed by atoms with E-state index >= 15 is 0 Å². The van der Waals surface area contributed by atoms with Gasteiger partial charge in [-0.1, -0.05) is 31.5 Å². The lowest BCUT2D eigenvalue weighted by Gasteiger charge is -2.21. The summed E-state index contributed by atoms with van der Waals surface area (Å²) in [7, 11) is 0. The van der Waals surface area contributed by atoms with Crippen molar-refractivity contribution in [3.05, 3.63) is 23.2 Å². The molecule has 0 aliphatic heterocycles. The molecule has 0 saturated heterocycles. The molecule has 3 N–H and O–H groups in total. The number of nitrogen functional groups attached to an aromatic ring is 1. The lowest BCUT2D eigenvalue weighted by Crippen LogP contribution is -2.25. The van der Waals surface area contributed by atoms with Crippen LogP contribution in [0.1, 0.15) is 33.6 Å². The van der Waals surface area contributed by atoms with Gasteiger partial charge in [-0.2, -0.15) is 0 Å². The number of para-hydroxylation sites is 1. The molecule has 0 saturated carbocycles. The number of hydrogen-bond acceptors (Lipinski definition) is 3. The molecule has 1 rings (SSSR count). The van der Waals surface area contributed by atoms with Gasteiger partial charge in [-0.25, -0.2) is 0 Å². The average Bonchev–Trinajstić information content (AvgIpc) is 2.39. The summed E-state index contributed by atoms with van der Waals surface area (Å²) in [4.78, 5) is 2.44. The van der Waals surface area contributed by atoms with E-state index in [1.165, 1.54) is 6.42 Å². The smallest absolute Gasteiger partial charge is 0.0765 e. The van der Waals surface area contributed by atoms with Crippen LogP contribution in [0, 0.1) is 0 Å². The third-order valence-electron chi connectivity index (χ3n) is 3.44. The van der Waals surface area contributed by atoms with Crippen molar-refractivity contribution < 1.29 is 0 Å². The summed E-state index contributed by atoms with van der Waals surface area (Å²) in [5, 5.41) is 4.10. The number of rotatable bonds is 8. The van der Waals surface area contributed by atoms with Gasteiger partial charge < -0.3 is 16.0 Å². The average molecular weight is 284 g/mol. The molecule has 4 heteroatoms. The highest BCUT2D eigenvalue weighted by atomic mass is 35.5. The summed E-state index contributed by atoms with van der Waals surface area (Å²) < 4.78 is 0. The van der Waals surface area contributed by atoms with E-state index in [1.807, 2.05) is 18.2 Å². The van der Waals surface area contributed by atoms with Crippen LogP contribution in [-0.4, -0.2) is 30.6 Å². The number of hydrogen-bond donors (Lipinski definition) is 2. The van der Waals surface area contributed by atoms with Gasteiger partial charge in [0.25, 0.3) is 0 Å². The normalized spacial score (nSPS) is 12.7. The van der Waals surface area contributed by atoms with Crippen LogP contribution in [0.3, 0.4) is 0 Å². The van der Waals surface area contributed by atoms with Crippen LogP contribution in [0.5, 0.6) is 0 Å². The molecule has 0 aromatic heterocycles. The molecule has 1 aromatic carbocycles. The van der Waals surface area contributed by atoms with Crippen molar-refractivity contribution >= 4 is 23.0 Å². The number of nitrogens with two attached hydrogens (primary N) is 1. The molecule has 0 aliphatic carbocycles. The minimum atomic E-state index is 0.373. The second-order valence-electron chi connectivity index (χ2n) is 4.92. The lowest BCUT2D eigenvalue weighted by molar-refractivity contribution is 0.295. The summed E-state index contributed by atoms with van der Waals surface area (Å²) in [5.74, 6) is 0. The van der Waals surface area contributed by atoms with E-state index < -0.39 is 0 Å². The second-order valence-corrected chi connectivity index (χ2v) is 5.33. The van der Waals surface area contributed by atoms with Crippen molar-refractivity contribution in [2.45, 2.75) is 39.7 Å². The summed E-state index contributed by atoms with van der Waals surface area (Å²) in [5.41, 5.74) is 7.51. The quantitative estimate of drug-likeness (QED) is 0.712. The van der Waals surface area contributed by atoms with Gasteiger partial charge >= 0.3 is 0 Å². The van der Waals surface area contributed by atoms with Gasteiger partial charge in [-0.3, -0.25) is 0 Å². The maximum atomic E-state index is 6.15. The SMILES string of the molecule is CCN(CC)CCCC(C)Nc1c(N)cccc1Cl. The zero-order valence-electron chi connectivity index (χ0n) is 12.2. The fraction of sp³-hybridized carbons (Fsp3) is 0.600. The largest absolute Gasteiger partial charge is 0.397 e. The first-order valence-corrected chi connectivity index (χ1v) is 7.49. The Kier molecular flexibility index (Phi) is 7.03. The number of benzene rings is 1. The van der Waals surface area contributed by atoms with Crippen molar-refractivity contribution in [2.24, 2.45) is 0 Å². The van der Waals surface area contributed by atoms with Crippen LogP contribution in [0.15, 0.2) is 18.2 Å². The van der Waals surface area contributed by atoms with Crippen LogP contribution in [-0.2, 0) is 0 Å². The molecule has 0 bridgehead atoms. The molecule has 19 heavy (non-hydrogen) atoms. The highest BCUT2D eigenvalue weighted by Gasteiger charge is 2.08. The Bertz CT molecular complexity index is 357. The monoisotopic (exact) mass is 283 g/mol. The van der Waals surface area contributed by atoms with Gasteiger partial charge in [0.2, 0.25) is 0 Å². The number of nitrogens with zero attached hydrogens (tertiary/aromatic N) is 1. The van der Waals surface area contributed by atoms with Gasteiger partial charge in [0, 0.05) is 6.04 Å². The highest BCUT2D eigenvalue weighted by molar-refractivity contribution is 6.33. The van der Waals surface area contributed by atoms with Crippen LogP contribution in [0.4, 0.5) is 11.4 Å². The van der Waals surface area contributed by atoms with E-state index in [2.05, 4.69) is 31.0 Å². The summed E-state index contributed by atoms with van der Waals surface area (Å²) in [6.45, 7) is 9.97. The molecule has 0 aliphatic rings. The van der Waals surface area contributed by atoms with Crippen LogP contribution < -0.4 is 11.1 Å². The Balaban J connectivity index is 2.41. The first-order chi connectivity index (χ1) is 9.08. The Morgan fingerprint density at radius 3 is 2.58 bits per heavy atom. The molecule has 0 spiro atoms. The van der Waals surface area contributed by atoms with E-state index in [0.29, 0.717) is 16.8 Å². The zero-order valence-corrected chi connectivity index (χ0v) is 13.0. The predicted molar refractivity (Wildman–Crippen MR) is 86.0 cm³/mol. The second kappa shape index (κ2) is 8.28. The molecule has 108 valence electrons. The maximum absolute atomic E-state index is 6.15. The van der Waals surface area contributed by atoms with Gasteiger partial charge in [0.05, 0.1) is 16.4 Å². The van der Waals surface area contributed by atoms with Crippen LogP contribution in [0.25, 0.3) is 0 Å². The molecule has 1 aromatic rings. The van der Waals surface area contributed by atoms with Crippen molar-refractivity contribution in [2.75, 3.05) is 30.7 Å². The van der Waals surface area contributed by atoms with E-state index in [0.717, 1.165) is 31.7 Å². The first kappa shape index (κ1) is 16.1. The third kappa shape index (κ3) is 5.29. The first-order valence-electron chi connectivity index (χ1n) is 7.11. The van der Waals surface area contributed by atoms with E-state index in [1.54, 1.807) is 0 Å². The van der Waals surface area contributed by atoms with Gasteiger partial charge in [-0.15, -0.1) is 0 Å². The highest BCUT2D eigenvalue weighted by Crippen LogP contribution is 2.28. The molecule has 3 nitrogen and oxygen atoms in total. The minimum Gasteiger partial charge on any atom is -0.397 e. The lowest BCUT2D eigenvalue weighted by atomic mass is 10.1. The molecule has 0 amide bonds. The van der Waals surface area contributed by atoms with Gasteiger partial charge in [0.15, 0.2) is 0 Å². The number of halogens is 1. The molecule has 1 atom stereocenters. The fourth-order valence-corrected chi connectivity index (χ4v) is 2.41. The van der Waals surface area contributed by atoms with Crippen molar-refractivity contribution in [3.8, 4) is 0 Å². The Morgan fingerprint density at radius 1 is 1.32 bits per heavy atom. The zero-order chi connectivity index (χ0) is 14.3. The third-order valence-corrected chi connectivity index (χ3v) is 3.76. The Morgan fingerprint density at radius 2 is 2.00 bits per heavy atom. The van der Waals surface area contributed by atoms with Gasteiger partial charge in [-0.05, 0) is 51.5 Å². The molecule has 0 fully saturated rings. The van der Waals surface area contributed by atoms with Crippen LogP contribution >= 0.6 is 11.6 Å². The number of anilines is 2. The Labute approximate surface area is 122 Å². The summed E-state index contributed by atoms with van der Waals surface area (Å²) in [6.07, 6.45) is 2.29. The minimum absolute atomic E-state index is 0.373. The molecule has 1 unspecified atom stereocenters. The van der Waals surface area contributed by atoms with Crippen molar-refractivity contribution in [1.82, 2.24) is 4.90 Å². The Hall–Kier alpha value is -0.930. The van der Waals surface area contributed by atoms with E-state index in [4.69, 9.17) is 17.3 Å². The standard InChI is InChI=1S/C15H26ClN3/c1-4-19(5-2)11-7-8-12(3)18-15-13(16)9-6-10-14(15)17/h6,9-10,12,18H,4-5,7-8,11,17H2,1-3H3. The fourth-order valence-electron chi connectivity index (χ4n) is 2.17. The molecule has 0 heterocycles. The van der Waals surface area contributed by atoms with Gasteiger partial charge in [0.1, 0.15) is 0 Å². The topological polar surface area (TPSA) is 41.3 Å². The predicted octanol–water partition coefficient (Wildman–Crippen LogP) is 3.84. The summed E-state index contributed by atoms with van der Waals surface area (Å²) in [6, 6.07) is 5.98.